The van der Waals surface area contributed by atoms with Crippen molar-refractivity contribution in [1.29, 1.82) is 0 Å². The second-order valence-corrected chi connectivity index (χ2v) is 3.35. The highest BCUT2D eigenvalue weighted by Crippen LogP contribution is 2.23. The van der Waals surface area contributed by atoms with Crippen LogP contribution in [-0.4, -0.2) is 21.8 Å². The molecule has 0 aliphatic rings. The lowest BCUT2D eigenvalue weighted by atomic mass is 10.2. The van der Waals surface area contributed by atoms with Crippen LogP contribution in [0.3, 0.4) is 0 Å². The normalized spacial score (nSPS) is 11.9. The first-order valence-corrected chi connectivity index (χ1v) is 4.92. The molecule has 2 aromatic rings. The van der Waals surface area contributed by atoms with Gasteiger partial charge in [0.1, 0.15) is 11.4 Å². The summed E-state index contributed by atoms with van der Waals surface area (Å²) in [6.45, 7) is 0. The van der Waals surface area contributed by atoms with E-state index in [0.717, 1.165) is 5.56 Å². The standard InChI is InChI=1S/C11H8F3N3O/c12-11(13,14)18-10-5-2-8(3-6-10)1-4-9-7-15-17-16-9/h1-7H,(H,15,16,17)/b4-1+. The van der Waals surface area contributed by atoms with Crippen molar-refractivity contribution in [3.8, 4) is 5.75 Å². The Balaban J connectivity index is 2.04. The van der Waals surface area contributed by atoms with Crippen LogP contribution in [0, 0.1) is 0 Å². The predicted molar refractivity (Wildman–Crippen MR) is 58.4 cm³/mol. The third-order valence-electron chi connectivity index (χ3n) is 1.99. The predicted octanol–water partition coefficient (Wildman–Crippen LogP) is 2.87. The van der Waals surface area contributed by atoms with Crippen LogP contribution in [0.4, 0.5) is 13.2 Å². The lowest BCUT2D eigenvalue weighted by Crippen LogP contribution is -2.16. The molecule has 0 spiro atoms. The number of hydrogen-bond donors (Lipinski definition) is 1. The average Bonchev–Trinajstić information content (AvgIpc) is 2.79. The molecular weight excluding hydrogens is 247 g/mol. The zero-order valence-corrected chi connectivity index (χ0v) is 8.98. The van der Waals surface area contributed by atoms with Crippen molar-refractivity contribution in [2.45, 2.75) is 6.36 Å². The summed E-state index contributed by atoms with van der Waals surface area (Å²) in [6.07, 6.45) is 0.244. The molecule has 1 heterocycles. The van der Waals surface area contributed by atoms with Crippen molar-refractivity contribution in [3.05, 3.63) is 41.7 Å². The monoisotopic (exact) mass is 255 g/mol. The smallest absolute Gasteiger partial charge is 0.406 e. The Morgan fingerprint density at radius 3 is 2.39 bits per heavy atom. The molecule has 0 unspecified atom stereocenters. The Kier molecular flexibility index (Phi) is 3.31. The van der Waals surface area contributed by atoms with Gasteiger partial charge in [0.05, 0.1) is 6.20 Å². The fourth-order valence-corrected chi connectivity index (χ4v) is 1.25. The summed E-state index contributed by atoms with van der Waals surface area (Å²) in [7, 11) is 0. The van der Waals surface area contributed by atoms with Gasteiger partial charge in [-0.25, -0.2) is 0 Å². The van der Waals surface area contributed by atoms with Crippen molar-refractivity contribution in [1.82, 2.24) is 15.4 Å². The Morgan fingerprint density at radius 1 is 1.11 bits per heavy atom. The van der Waals surface area contributed by atoms with Gasteiger partial charge >= 0.3 is 6.36 Å². The summed E-state index contributed by atoms with van der Waals surface area (Å²) in [5, 5.41) is 9.86. The minimum Gasteiger partial charge on any atom is -0.406 e. The molecule has 2 rings (SSSR count). The first kappa shape index (κ1) is 12.2. The first-order chi connectivity index (χ1) is 8.53. The van der Waals surface area contributed by atoms with Gasteiger partial charge in [-0.3, -0.25) is 0 Å². The molecular formula is C11H8F3N3O. The first-order valence-electron chi connectivity index (χ1n) is 4.92. The number of ether oxygens (including phenoxy) is 1. The van der Waals surface area contributed by atoms with Crippen LogP contribution in [-0.2, 0) is 0 Å². The van der Waals surface area contributed by atoms with E-state index in [1.165, 1.54) is 30.5 Å². The lowest BCUT2D eigenvalue weighted by Gasteiger charge is -2.08. The zero-order chi connectivity index (χ0) is 13.0. The highest BCUT2D eigenvalue weighted by molar-refractivity contribution is 5.67. The second-order valence-electron chi connectivity index (χ2n) is 3.35. The maximum atomic E-state index is 11.9. The van der Waals surface area contributed by atoms with Gasteiger partial charge in [0, 0.05) is 0 Å². The highest BCUT2D eigenvalue weighted by atomic mass is 19.4. The van der Waals surface area contributed by atoms with Crippen LogP contribution >= 0.6 is 0 Å². The van der Waals surface area contributed by atoms with Gasteiger partial charge in [-0.2, -0.15) is 15.4 Å². The summed E-state index contributed by atoms with van der Waals surface area (Å²) in [6, 6.07) is 5.52. The van der Waals surface area contributed by atoms with Crippen LogP contribution in [0.25, 0.3) is 12.2 Å². The number of benzene rings is 1. The van der Waals surface area contributed by atoms with Gasteiger partial charge in [-0.05, 0) is 23.8 Å². The summed E-state index contributed by atoms with van der Waals surface area (Å²) in [4.78, 5) is 0. The van der Waals surface area contributed by atoms with Crippen molar-refractivity contribution >= 4 is 12.2 Å². The zero-order valence-electron chi connectivity index (χ0n) is 8.98. The number of alkyl halides is 3. The Hall–Kier alpha value is -2.31. The van der Waals surface area contributed by atoms with E-state index in [1.54, 1.807) is 12.2 Å². The summed E-state index contributed by atoms with van der Waals surface area (Å²) in [5.74, 6) is -0.249. The average molecular weight is 255 g/mol. The van der Waals surface area contributed by atoms with Crippen LogP contribution in [0.5, 0.6) is 5.75 Å². The third-order valence-corrected chi connectivity index (χ3v) is 1.99. The quantitative estimate of drug-likeness (QED) is 0.917. The van der Waals surface area contributed by atoms with Crippen LogP contribution in [0.1, 0.15) is 11.3 Å². The SMILES string of the molecule is FC(F)(F)Oc1ccc(/C=C/c2cn[nH]n2)cc1. The Labute approximate surface area is 100 Å². The van der Waals surface area contributed by atoms with Crippen molar-refractivity contribution < 1.29 is 17.9 Å². The molecule has 7 heteroatoms. The van der Waals surface area contributed by atoms with Crippen molar-refractivity contribution in [3.63, 3.8) is 0 Å². The van der Waals surface area contributed by atoms with E-state index in [9.17, 15) is 13.2 Å². The van der Waals surface area contributed by atoms with E-state index >= 15 is 0 Å². The summed E-state index contributed by atoms with van der Waals surface area (Å²) < 4.78 is 39.5. The van der Waals surface area contributed by atoms with Gasteiger partial charge in [0.15, 0.2) is 0 Å². The van der Waals surface area contributed by atoms with Gasteiger partial charge in [0.25, 0.3) is 0 Å². The van der Waals surface area contributed by atoms with Gasteiger partial charge < -0.3 is 4.74 Å². The molecule has 94 valence electrons. The molecule has 1 aromatic carbocycles. The second kappa shape index (κ2) is 4.91. The maximum absolute atomic E-state index is 11.9. The molecule has 0 bridgehead atoms. The number of aromatic nitrogens is 3. The number of aromatic amines is 1. The Morgan fingerprint density at radius 2 is 1.83 bits per heavy atom. The number of H-pyrrole nitrogens is 1. The summed E-state index contributed by atoms with van der Waals surface area (Å²) in [5.41, 5.74) is 1.36. The molecule has 0 saturated heterocycles. The van der Waals surface area contributed by atoms with E-state index in [2.05, 4.69) is 20.1 Å². The minimum atomic E-state index is -4.67. The molecule has 0 saturated carbocycles. The third kappa shape index (κ3) is 3.62. The van der Waals surface area contributed by atoms with Crippen molar-refractivity contribution in [2.24, 2.45) is 0 Å². The van der Waals surface area contributed by atoms with E-state index in [-0.39, 0.29) is 5.75 Å². The molecule has 0 atom stereocenters. The van der Waals surface area contributed by atoms with E-state index in [0.29, 0.717) is 5.69 Å². The van der Waals surface area contributed by atoms with Gasteiger partial charge in [0.2, 0.25) is 0 Å². The lowest BCUT2D eigenvalue weighted by molar-refractivity contribution is -0.274. The number of rotatable bonds is 3. The maximum Gasteiger partial charge on any atom is 0.573 e. The van der Waals surface area contributed by atoms with E-state index in [1.807, 2.05) is 0 Å². The van der Waals surface area contributed by atoms with Gasteiger partial charge in [-0.1, -0.05) is 18.2 Å². The fraction of sp³-hybridized carbons (Fsp3) is 0.0909. The molecule has 0 amide bonds. The van der Waals surface area contributed by atoms with E-state index in [4.69, 9.17) is 0 Å². The Bertz CT molecular complexity index is 517. The topological polar surface area (TPSA) is 50.8 Å². The highest BCUT2D eigenvalue weighted by Gasteiger charge is 2.30. The van der Waals surface area contributed by atoms with Crippen LogP contribution < -0.4 is 4.74 Å². The fourth-order valence-electron chi connectivity index (χ4n) is 1.25. The van der Waals surface area contributed by atoms with E-state index < -0.39 is 6.36 Å². The summed E-state index contributed by atoms with van der Waals surface area (Å²) >= 11 is 0. The molecule has 1 aromatic heterocycles. The van der Waals surface area contributed by atoms with Crippen LogP contribution in [0.15, 0.2) is 30.5 Å². The molecule has 0 fully saturated rings. The van der Waals surface area contributed by atoms with Crippen LogP contribution in [0.2, 0.25) is 0 Å². The molecule has 0 aliphatic carbocycles. The van der Waals surface area contributed by atoms with Gasteiger partial charge in [-0.15, -0.1) is 13.2 Å². The molecule has 18 heavy (non-hydrogen) atoms. The molecule has 0 aliphatic heterocycles. The number of nitrogens with one attached hydrogen (secondary N) is 1. The number of halogens is 3. The molecule has 4 nitrogen and oxygen atoms in total. The van der Waals surface area contributed by atoms with Crippen molar-refractivity contribution in [2.75, 3.05) is 0 Å². The largest absolute Gasteiger partial charge is 0.573 e. The molecule has 1 N–H and O–H groups in total. The minimum absolute atomic E-state index is 0.249. The molecule has 0 radical (unpaired) electrons. The number of hydrogen-bond acceptors (Lipinski definition) is 3. The number of nitrogens with zero attached hydrogens (tertiary/aromatic N) is 2.